The van der Waals surface area contributed by atoms with Crippen LogP contribution in [0.2, 0.25) is 0 Å². The molecule has 1 aliphatic rings. The van der Waals surface area contributed by atoms with Gasteiger partial charge in [0.25, 0.3) is 0 Å². The van der Waals surface area contributed by atoms with Crippen LogP contribution in [0.15, 0.2) is 54.6 Å². The normalized spacial score (nSPS) is 16.6. The molecule has 96 valence electrons. The fourth-order valence-electron chi connectivity index (χ4n) is 2.21. The van der Waals surface area contributed by atoms with Crippen LogP contribution < -0.4 is 33.6 Å². The molecule has 0 saturated carbocycles. The van der Waals surface area contributed by atoms with Gasteiger partial charge in [-0.05, 0) is 24.3 Å². The first-order valence-corrected chi connectivity index (χ1v) is 6.05. The third kappa shape index (κ3) is 2.67. The van der Waals surface area contributed by atoms with Crippen molar-refractivity contribution in [2.24, 2.45) is 0 Å². The average molecular weight is 261 g/mol. The number of para-hydroxylation sites is 3. The van der Waals surface area contributed by atoms with Crippen molar-refractivity contribution in [1.82, 2.24) is 0 Å². The van der Waals surface area contributed by atoms with Gasteiger partial charge in [-0.1, -0.05) is 30.3 Å². The van der Waals surface area contributed by atoms with Crippen molar-refractivity contribution >= 4 is 17.3 Å². The van der Waals surface area contributed by atoms with E-state index in [0.717, 1.165) is 11.4 Å². The first kappa shape index (κ1) is 14.5. The van der Waals surface area contributed by atoms with Crippen molar-refractivity contribution in [3.63, 3.8) is 0 Å². The molecule has 2 aromatic rings. The van der Waals surface area contributed by atoms with Gasteiger partial charge in [-0.3, -0.25) is 0 Å². The van der Waals surface area contributed by atoms with Crippen molar-refractivity contribution in [3.8, 4) is 5.75 Å². The van der Waals surface area contributed by atoms with Crippen LogP contribution in [0.4, 0.5) is 11.4 Å². The molecule has 1 aliphatic heterocycles. The molecule has 0 saturated heterocycles. The van der Waals surface area contributed by atoms with Gasteiger partial charge in [-0.25, -0.2) is 0 Å². The Balaban J connectivity index is 0.00000147. The summed E-state index contributed by atoms with van der Waals surface area (Å²) in [5.41, 5.74) is 1.80. The SMILES string of the molecule is O=C([O-])C1CN(c2ccccc2)c2ccccc2O1.[Li+]. The third-order valence-corrected chi connectivity index (χ3v) is 3.10. The Bertz CT molecular complexity index is 603. The second kappa shape index (κ2) is 6.04. The van der Waals surface area contributed by atoms with Crippen LogP contribution in [-0.2, 0) is 4.79 Å². The average Bonchev–Trinajstić information content (AvgIpc) is 2.47. The minimum Gasteiger partial charge on any atom is -0.546 e. The number of hydrogen-bond donors (Lipinski definition) is 0. The summed E-state index contributed by atoms with van der Waals surface area (Å²) in [7, 11) is 0. The van der Waals surface area contributed by atoms with Gasteiger partial charge in [0.2, 0.25) is 0 Å². The first-order chi connectivity index (χ1) is 9.25. The number of carbonyl (C=O) groups excluding carboxylic acids is 1. The van der Waals surface area contributed by atoms with E-state index in [9.17, 15) is 9.90 Å². The molecule has 0 bridgehead atoms. The maximum atomic E-state index is 11.1. The quantitative estimate of drug-likeness (QED) is 0.607. The molecular weight excluding hydrogens is 249 g/mol. The van der Waals surface area contributed by atoms with Crippen LogP contribution in [0.1, 0.15) is 0 Å². The molecule has 0 fully saturated rings. The predicted octanol–water partition coefficient (Wildman–Crippen LogP) is -1.66. The number of carboxylic acid groups (broad SMARTS) is 1. The topological polar surface area (TPSA) is 52.6 Å². The van der Waals surface area contributed by atoms with Crippen LogP contribution in [-0.4, -0.2) is 18.6 Å². The van der Waals surface area contributed by atoms with Crippen LogP contribution in [0, 0.1) is 0 Å². The van der Waals surface area contributed by atoms with Crippen molar-refractivity contribution in [3.05, 3.63) is 54.6 Å². The molecule has 0 N–H and O–H groups in total. The zero-order chi connectivity index (χ0) is 13.2. The van der Waals surface area contributed by atoms with Gasteiger partial charge in [0, 0.05) is 5.69 Å². The van der Waals surface area contributed by atoms with Gasteiger partial charge < -0.3 is 19.5 Å². The monoisotopic (exact) mass is 261 g/mol. The Hall–Kier alpha value is -1.89. The summed E-state index contributed by atoms with van der Waals surface area (Å²) in [6.07, 6.45) is -0.963. The number of nitrogens with zero attached hydrogens (tertiary/aromatic N) is 1. The maximum Gasteiger partial charge on any atom is 1.00 e. The number of ether oxygens (including phenoxy) is 1. The first-order valence-electron chi connectivity index (χ1n) is 6.05. The third-order valence-electron chi connectivity index (χ3n) is 3.10. The number of benzene rings is 2. The molecule has 0 amide bonds. The maximum absolute atomic E-state index is 11.1. The van der Waals surface area contributed by atoms with Gasteiger partial charge in [-0.2, -0.15) is 0 Å². The zero-order valence-electron chi connectivity index (χ0n) is 11.2. The summed E-state index contributed by atoms with van der Waals surface area (Å²) < 4.78 is 5.44. The van der Waals surface area contributed by atoms with Gasteiger partial charge in [-0.15, -0.1) is 0 Å². The summed E-state index contributed by atoms with van der Waals surface area (Å²) in [4.78, 5) is 13.0. The second-order valence-electron chi connectivity index (χ2n) is 4.34. The van der Waals surface area contributed by atoms with Crippen LogP contribution in [0.25, 0.3) is 0 Å². The number of anilines is 2. The molecule has 0 spiro atoms. The largest absolute Gasteiger partial charge is 1.00 e. The number of aliphatic carboxylic acids is 1. The van der Waals surface area contributed by atoms with Crippen LogP contribution in [0.3, 0.4) is 0 Å². The smallest absolute Gasteiger partial charge is 0.546 e. The summed E-state index contributed by atoms with van der Waals surface area (Å²) in [6, 6.07) is 17.0. The molecule has 0 aliphatic carbocycles. The molecule has 1 heterocycles. The molecule has 1 unspecified atom stereocenters. The van der Waals surface area contributed by atoms with E-state index in [1.165, 1.54) is 0 Å². The van der Waals surface area contributed by atoms with E-state index in [2.05, 4.69) is 0 Å². The molecule has 0 radical (unpaired) electrons. The Kier molecular flexibility index (Phi) is 4.38. The molecule has 1 atom stereocenters. The second-order valence-corrected chi connectivity index (χ2v) is 4.34. The van der Waals surface area contributed by atoms with Crippen molar-refractivity contribution in [2.45, 2.75) is 6.10 Å². The standard InChI is InChI=1S/C15H13NO3.Li/c17-15(18)14-10-16(11-6-2-1-3-7-11)12-8-4-5-9-13(12)19-14;/h1-9,14H,10H2,(H,17,18);/q;+1/p-1. The van der Waals surface area contributed by atoms with Crippen LogP contribution >= 0.6 is 0 Å². The number of hydrogen-bond acceptors (Lipinski definition) is 4. The number of carboxylic acids is 1. The fourth-order valence-corrected chi connectivity index (χ4v) is 2.21. The zero-order valence-corrected chi connectivity index (χ0v) is 11.2. The number of carbonyl (C=O) groups is 1. The Morgan fingerprint density at radius 2 is 1.75 bits per heavy atom. The van der Waals surface area contributed by atoms with Crippen molar-refractivity contribution in [2.75, 3.05) is 11.4 Å². The molecule has 2 aromatic carbocycles. The van der Waals surface area contributed by atoms with E-state index in [1.54, 1.807) is 6.07 Å². The van der Waals surface area contributed by atoms with Crippen LogP contribution in [0.5, 0.6) is 5.75 Å². The van der Waals surface area contributed by atoms with Crippen molar-refractivity contribution < 1.29 is 33.5 Å². The molecule has 20 heavy (non-hydrogen) atoms. The molecular formula is C15H12LiNO3. The Labute approximate surface area is 129 Å². The number of fused-ring (bicyclic) bond motifs is 1. The fraction of sp³-hybridized carbons (Fsp3) is 0.133. The molecule has 3 rings (SSSR count). The molecule has 0 aromatic heterocycles. The van der Waals surface area contributed by atoms with E-state index in [4.69, 9.17) is 4.74 Å². The van der Waals surface area contributed by atoms with E-state index in [-0.39, 0.29) is 25.4 Å². The summed E-state index contributed by atoms with van der Waals surface area (Å²) in [5.74, 6) is -0.637. The van der Waals surface area contributed by atoms with E-state index < -0.39 is 12.1 Å². The minimum absolute atomic E-state index is 0. The Morgan fingerprint density at radius 1 is 1.10 bits per heavy atom. The number of rotatable bonds is 2. The van der Waals surface area contributed by atoms with Gasteiger partial charge in [0.05, 0.1) is 18.2 Å². The summed E-state index contributed by atoms with van der Waals surface area (Å²) >= 11 is 0. The summed E-state index contributed by atoms with van der Waals surface area (Å²) in [5, 5.41) is 11.1. The van der Waals surface area contributed by atoms with E-state index in [1.807, 2.05) is 53.4 Å². The van der Waals surface area contributed by atoms with E-state index in [0.29, 0.717) is 5.75 Å². The molecule has 4 nitrogen and oxygen atoms in total. The van der Waals surface area contributed by atoms with Gasteiger partial charge >= 0.3 is 18.9 Å². The minimum atomic E-state index is -1.20. The van der Waals surface area contributed by atoms with Crippen molar-refractivity contribution in [1.29, 1.82) is 0 Å². The van der Waals surface area contributed by atoms with Gasteiger partial charge in [0.1, 0.15) is 5.75 Å². The summed E-state index contributed by atoms with van der Waals surface area (Å²) in [6.45, 7) is 0.239. The van der Waals surface area contributed by atoms with E-state index >= 15 is 0 Å². The predicted molar refractivity (Wildman–Crippen MR) is 69.3 cm³/mol. The Morgan fingerprint density at radius 3 is 2.45 bits per heavy atom. The van der Waals surface area contributed by atoms with Gasteiger partial charge in [0.15, 0.2) is 6.10 Å². The molecule has 5 heteroatoms.